The number of aromatic nitrogens is 1. The highest BCUT2D eigenvalue weighted by atomic mass is 16.4. The fourth-order valence-corrected chi connectivity index (χ4v) is 3.05. The van der Waals surface area contributed by atoms with Crippen LogP contribution < -0.4 is 11.1 Å². The first-order valence-corrected chi connectivity index (χ1v) is 7.16. The molecular formula is C15H21N3O2. The molecule has 1 aromatic carbocycles. The van der Waals surface area contributed by atoms with E-state index in [0.29, 0.717) is 29.7 Å². The van der Waals surface area contributed by atoms with Crippen molar-refractivity contribution in [2.24, 2.45) is 5.92 Å². The van der Waals surface area contributed by atoms with Crippen LogP contribution in [0.4, 0.5) is 11.7 Å². The lowest BCUT2D eigenvalue weighted by Gasteiger charge is -2.35. The molecule has 108 valence electrons. The molecule has 1 fully saturated rings. The van der Waals surface area contributed by atoms with Gasteiger partial charge >= 0.3 is 0 Å². The lowest BCUT2D eigenvalue weighted by molar-refractivity contribution is -0.00114. The molecule has 5 heteroatoms. The van der Waals surface area contributed by atoms with Gasteiger partial charge in [0.05, 0.1) is 5.60 Å². The van der Waals surface area contributed by atoms with E-state index in [1.165, 1.54) is 6.42 Å². The molecule has 0 spiro atoms. The molecule has 1 aromatic heterocycles. The third kappa shape index (κ3) is 2.72. The van der Waals surface area contributed by atoms with Crippen LogP contribution >= 0.6 is 0 Å². The predicted molar refractivity (Wildman–Crippen MR) is 79.5 cm³/mol. The molecule has 0 bridgehead atoms. The highest BCUT2D eigenvalue weighted by Gasteiger charge is 2.32. The first kappa shape index (κ1) is 13.2. The summed E-state index contributed by atoms with van der Waals surface area (Å²) in [6.07, 6.45) is 3.93. The van der Waals surface area contributed by atoms with E-state index in [1.54, 1.807) is 18.2 Å². The lowest BCUT2D eigenvalue weighted by Crippen LogP contribution is -2.41. The summed E-state index contributed by atoms with van der Waals surface area (Å²) in [7, 11) is 0. The Bertz CT molecular complexity index is 610. The molecule has 1 saturated carbocycles. The van der Waals surface area contributed by atoms with Crippen LogP contribution in [0.2, 0.25) is 0 Å². The molecule has 4 N–H and O–H groups in total. The molecule has 1 heterocycles. The number of nitrogens with zero attached hydrogens (tertiary/aromatic N) is 1. The number of anilines is 2. The maximum atomic E-state index is 10.6. The van der Waals surface area contributed by atoms with Gasteiger partial charge in [0, 0.05) is 12.2 Å². The van der Waals surface area contributed by atoms with E-state index < -0.39 is 5.60 Å². The molecule has 0 radical (unpaired) electrons. The highest BCUT2D eigenvalue weighted by Crippen LogP contribution is 2.32. The fourth-order valence-electron chi connectivity index (χ4n) is 3.05. The van der Waals surface area contributed by atoms with Gasteiger partial charge in [0.2, 0.25) is 0 Å². The molecule has 0 saturated heterocycles. The third-order valence-electron chi connectivity index (χ3n) is 4.05. The smallest absolute Gasteiger partial charge is 0.295 e. The van der Waals surface area contributed by atoms with Crippen LogP contribution in [0.3, 0.4) is 0 Å². The van der Waals surface area contributed by atoms with Crippen molar-refractivity contribution in [3.05, 3.63) is 18.2 Å². The number of nitrogen functional groups attached to an aromatic ring is 1. The standard InChI is InChI=1S/C15H21N3O2/c1-10-3-2-6-15(19,8-10)9-17-14-18-12-7-11(16)4-5-13(12)20-14/h4-5,7,10,19H,2-3,6,8-9,16H2,1H3,(H,17,18). The van der Waals surface area contributed by atoms with Gasteiger partial charge in [-0.05, 0) is 37.0 Å². The zero-order valence-electron chi connectivity index (χ0n) is 11.7. The number of hydrogen-bond acceptors (Lipinski definition) is 5. The first-order chi connectivity index (χ1) is 9.54. The first-order valence-electron chi connectivity index (χ1n) is 7.16. The van der Waals surface area contributed by atoms with Crippen molar-refractivity contribution >= 4 is 22.8 Å². The molecule has 20 heavy (non-hydrogen) atoms. The van der Waals surface area contributed by atoms with Crippen molar-refractivity contribution in [3.63, 3.8) is 0 Å². The third-order valence-corrected chi connectivity index (χ3v) is 4.05. The predicted octanol–water partition coefficient (Wildman–Crippen LogP) is 2.76. The molecule has 2 atom stereocenters. The van der Waals surface area contributed by atoms with Gasteiger partial charge in [0.1, 0.15) is 5.52 Å². The molecular weight excluding hydrogens is 254 g/mol. The Morgan fingerprint density at radius 2 is 2.40 bits per heavy atom. The number of aliphatic hydroxyl groups is 1. The normalized spacial score (nSPS) is 26.8. The van der Waals surface area contributed by atoms with Gasteiger partial charge in [0.15, 0.2) is 5.58 Å². The second kappa shape index (κ2) is 4.98. The van der Waals surface area contributed by atoms with Crippen LogP contribution in [0.5, 0.6) is 0 Å². The summed E-state index contributed by atoms with van der Waals surface area (Å²) in [5.74, 6) is 0.569. The molecule has 3 rings (SSSR count). The molecule has 2 unspecified atom stereocenters. The summed E-state index contributed by atoms with van der Waals surface area (Å²) in [6, 6.07) is 5.81. The average molecular weight is 275 g/mol. The quantitative estimate of drug-likeness (QED) is 0.750. The molecule has 2 aromatic rings. The van der Waals surface area contributed by atoms with E-state index in [4.69, 9.17) is 10.2 Å². The van der Waals surface area contributed by atoms with Gasteiger partial charge in [-0.3, -0.25) is 0 Å². The highest BCUT2D eigenvalue weighted by molar-refractivity contribution is 5.78. The van der Waals surface area contributed by atoms with E-state index in [0.717, 1.165) is 24.8 Å². The largest absolute Gasteiger partial charge is 0.424 e. The minimum Gasteiger partial charge on any atom is -0.424 e. The Balaban J connectivity index is 1.70. The zero-order valence-corrected chi connectivity index (χ0v) is 11.7. The number of hydrogen-bond donors (Lipinski definition) is 3. The van der Waals surface area contributed by atoms with Crippen LogP contribution in [-0.4, -0.2) is 22.2 Å². The van der Waals surface area contributed by atoms with Crippen LogP contribution in [0, 0.1) is 5.92 Å². The summed E-state index contributed by atoms with van der Waals surface area (Å²) in [5.41, 5.74) is 7.16. The van der Waals surface area contributed by atoms with Gasteiger partial charge in [-0.25, -0.2) is 0 Å². The second-order valence-electron chi connectivity index (χ2n) is 6.03. The Morgan fingerprint density at radius 3 is 3.20 bits per heavy atom. The van der Waals surface area contributed by atoms with Crippen LogP contribution in [-0.2, 0) is 0 Å². The van der Waals surface area contributed by atoms with Gasteiger partial charge in [-0.15, -0.1) is 0 Å². The van der Waals surface area contributed by atoms with E-state index in [2.05, 4.69) is 17.2 Å². The van der Waals surface area contributed by atoms with Gasteiger partial charge in [-0.2, -0.15) is 4.98 Å². The molecule has 0 amide bonds. The van der Waals surface area contributed by atoms with E-state index in [1.807, 2.05) is 0 Å². The van der Waals surface area contributed by atoms with Crippen LogP contribution in [0.15, 0.2) is 22.6 Å². The van der Waals surface area contributed by atoms with E-state index in [9.17, 15) is 5.11 Å². The fraction of sp³-hybridized carbons (Fsp3) is 0.533. The van der Waals surface area contributed by atoms with Gasteiger partial charge in [0.25, 0.3) is 6.01 Å². The Kier molecular flexibility index (Phi) is 3.30. The zero-order chi connectivity index (χ0) is 14.2. The maximum Gasteiger partial charge on any atom is 0.295 e. The monoisotopic (exact) mass is 275 g/mol. The van der Waals surface area contributed by atoms with Crippen molar-refractivity contribution in [2.45, 2.75) is 38.2 Å². The molecule has 5 nitrogen and oxygen atoms in total. The summed E-state index contributed by atoms with van der Waals surface area (Å²) in [6.45, 7) is 2.66. The number of rotatable bonds is 3. The Morgan fingerprint density at radius 1 is 1.55 bits per heavy atom. The van der Waals surface area contributed by atoms with Crippen LogP contribution in [0.1, 0.15) is 32.6 Å². The molecule has 1 aliphatic rings. The van der Waals surface area contributed by atoms with E-state index in [-0.39, 0.29) is 0 Å². The average Bonchev–Trinajstić information content (AvgIpc) is 2.78. The summed E-state index contributed by atoms with van der Waals surface area (Å²) < 4.78 is 5.60. The van der Waals surface area contributed by atoms with Crippen LogP contribution in [0.25, 0.3) is 11.1 Å². The number of benzene rings is 1. The van der Waals surface area contributed by atoms with E-state index >= 15 is 0 Å². The van der Waals surface area contributed by atoms with Crippen molar-refractivity contribution < 1.29 is 9.52 Å². The lowest BCUT2D eigenvalue weighted by atomic mass is 9.79. The Labute approximate surface area is 118 Å². The molecule has 0 aliphatic heterocycles. The molecule has 1 aliphatic carbocycles. The topological polar surface area (TPSA) is 84.3 Å². The number of nitrogens with two attached hydrogens (primary N) is 1. The maximum absolute atomic E-state index is 10.6. The van der Waals surface area contributed by atoms with Crippen molar-refractivity contribution in [2.75, 3.05) is 17.6 Å². The Hall–Kier alpha value is -1.75. The number of fused-ring (bicyclic) bond motifs is 1. The minimum atomic E-state index is -0.655. The van der Waals surface area contributed by atoms with Gasteiger partial charge in [-0.1, -0.05) is 19.8 Å². The van der Waals surface area contributed by atoms with Gasteiger partial charge < -0.3 is 20.6 Å². The summed E-state index contributed by atoms with van der Waals surface area (Å²) in [5, 5.41) is 13.7. The SMILES string of the molecule is CC1CCCC(O)(CNc2nc3cc(N)ccc3o2)C1. The summed E-state index contributed by atoms with van der Waals surface area (Å²) >= 11 is 0. The van der Waals surface area contributed by atoms with Crippen molar-refractivity contribution in [1.29, 1.82) is 0 Å². The second-order valence-corrected chi connectivity index (χ2v) is 6.03. The van der Waals surface area contributed by atoms with Crippen molar-refractivity contribution in [1.82, 2.24) is 4.98 Å². The number of nitrogens with one attached hydrogen (secondary N) is 1. The summed E-state index contributed by atoms with van der Waals surface area (Å²) in [4.78, 5) is 4.34. The number of oxazole rings is 1. The minimum absolute atomic E-state index is 0.442. The van der Waals surface area contributed by atoms with Crippen molar-refractivity contribution in [3.8, 4) is 0 Å².